The highest BCUT2D eigenvalue weighted by molar-refractivity contribution is 7.75. The molecule has 0 aromatic rings. The summed E-state index contributed by atoms with van der Waals surface area (Å²) in [6.45, 7) is 8.83. The molecule has 6 heteroatoms. The molecule has 0 radical (unpaired) electrons. The molecule has 2 fully saturated rings. The van der Waals surface area contributed by atoms with E-state index in [1.54, 1.807) is 0 Å². The molecule has 1 aliphatic heterocycles. The first-order chi connectivity index (χ1) is 8.42. The van der Waals surface area contributed by atoms with Gasteiger partial charge in [-0.1, -0.05) is 0 Å². The van der Waals surface area contributed by atoms with Crippen LogP contribution in [0.15, 0.2) is 0 Å². The van der Waals surface area contributed by atoms with Crippen molar-refractivity contribution in [1.29, 1.82) is 0 Å². The van der Waals surface area contributed by atoms with Gasteiger partial charge in [-0.15, -0.1) is 0 Å². The number of hydrogen-bond acceptors (Lipinski definition) is 5. The number of piperazine rings is 1. The van der Waals surface area contributed by atoms with E-state index in [0.29, 0.717) is 18.7 Å². The van der Waals surface area contributed by atoms with Crippen LogP contribution in [0.4, 0.5) is 4.79 Å². The number of fused-ring (bicyclic) bond motifs is 1. The predicted molar refractivity (Wildman–Crippen MR) is 71.6 cm³/mol. The second-order valence-corrected chi connectivity index (χ2v) is 6.17. The average molecular weight is 274 g/mol. The van der Waals surface area contributed by atoms with Crippen molar-refractivity contribution in [1.82, 2.24) is 9.80 Å². The molecule has 2 atom stereocenters. The van der Waals surface area contributed by atoms with Gasteiger partial charge in [0.05, 0.1) is 12.6 Å². The van der Waals surface area contributed by atoms with Gasteiger partial charge >= 0.3 is 6.09 Å². The Bertz CT molecular complexity index is 319. The van der Waals surface area contributed by atoms with Crippen molar-refractivity contribution in [2.75, 3.05) is 26.2 Å². The fourth-order valence-corrected chi connectivity index (χ4v) is 2.53. The smallest absolute Gasteiger partial charge is 0.410 e. The normalized spacial score (nSPS) is 27.9. The Morgan fingerprint density at radius 2 is 2.06 bits per heavy atom. The third-order valence-electron chi connectivity index (χ3n) is 3.32. The van der Waals surface area contributed by atoms with Crippen LogP contribution in [-0.2, 0) is 8.92 Å². The van der Waals surface area contributed by atoms with Crippen LogP contribution in [0.25, 0.3) is 0 Å². The van der Waals surface area contributed by atoms with E-state index in [2.05, 4.69) is 17.8 Å². The summed E-state index contributed by atoms with van der Waals surface area (Å²) in [6.07, 6.45) is 0.867. The molecule has 2 rings (SSSR count). The van der Waals surface area contributed by atoms with Crippen LogP contribution in [-0.4, -0.2) is 59.8 Å². The second-order valence-electron chi connectivity index (χ2n) is 5.91. The predicted octanol–water partition coefficient (Wildman–Crippen LogP) is 1.54. The number of ether oxygens (including phenoxy) is 1. The van der Waals surface area contributed by atoms with Gasteiger partial charge in [0, 0.05) is 25.7 Å². The minimum atomic E-state index is -0.418. The van der Waals surface area contributed by atoms with Crippen LogP contribution in [0.3, 0.4) is 0 Å². The number of amides is 1. The molecular weight excluding hydrogens is 252 g/mol. The van der Waals surface area contributed by atoms with Crippen LogP contribution >= 0.6 is 12.9 Å². The lowest BCUT2D eigenvalue weighted by Crippen LogP contribution is -2.50. The summed E-state index contributed by atoms with van der Waals surface area (Å²) in [5.74, 6) is 0. The van der Waals surface area contributed by atoms with E-state index in [0.717, 1.165) is 26.1 Å². The van der Waals surface area contributed by atoms with E-state index in [4.69, 9.17) is 8.92 Å². The highest BCUT2D eigenvalue weighted by Gasteiger charge is 2.51. The van der Waals surface area contributed by atoms with Crippen molar-refractivity contribution < 1.29 is 13.7 Å². The van der Waals surface area contributed by atoms with Crippen molar-refractivity contribution in [3.8, 4) is 0 Å². The first-order valence-corrected chi connectivity index (χ1v) is 6.79. The molecule has 1 aliphatic carbocycles. The van der Waals surface area contributed by atoms with Gasteiger partial charge in [-0.05, 0) is 40.1 Å². The highest BCUT2D eigenvalue weighted by atomic mass is 32.1. The molecule has 0 N–H and O–H groups in total. The van der Waals surface area contributed by atoms with Gasteiger partial charge in [-0.25, -0.2) is 4.79 Å². The summed E-state index contributed by atoms with van der Waals surface area (Å²) in [4.78, 5) is 16.3. The van der Waals surface area contributed by atoms with Gasteiger partial charge in [-0.3, -0.25) is 4.90 Å². The molecule has 0 aromatic heterocycles. The zero-order valence-electron chi connectivity index (χ0n) is 11.3. The molecule has 5 nitrogen and oxygen atoms in total. The fourth-order valence-electron chi connectivity index (χ4n) is 2.45. The maximum absolute atomic E-state index is 12.0. The largest absolute Gasteiger partial charge is 0.444 e. The average Bonchev–Trinajstić information content (AvgIpc) is 3.02. The second kappa shape index (κ2) is 5.27. The van der Waals surface area contributed by atoms with E-state index < -0.39 is 5.60 Å². The van der Waals surface area contributed by atoms with Crippen LogP contribution in [0, 0.1) is 0 Å². The summed E-state index contributed by atoms with van der Waals surface area (Å²) in [5, 5.41) is 0. The molecule has 104 valence electrons. The van der Waals surface area contributed by atoms with Crippen molar-refractivity contribution >= 4 is 19.0 Å². The van der Waals surface area contributed by atoms with E-state index >= 15 is 0 Å². The number of carbonyl (C=O) groups is 1. The number of thiol groups is 1. The maximum Gasteiger partial charge on any atom is 0.410 e. The first-order valence-electron chi connectivity index (χ1n) is 6.42. The number of nitrogens with zero attached hydrogens (tertiary/aromatic N) is 2. The lowest BCUT2D eigenvalue weighted by atomic mass is 10.2. The monoisotopic (exact) mass is 274 g/mol. The Balaban J connectivity index is 1.84. The van der Waals surface area contributed by atoms with Crippen LogP contribution in [0.5, 0.6) is 0 Å². The Hall–Kier alpha value is -0.460. The topological polar surface area (TPSA) is 42.0 Å². The Morgan fingerprint density at radius 1 is 1.33 bits per heavy atom. The Kier molecular flexibility index (Phi) is 4.08. The summed E-state index contributed by atoms with van der Waals surface area (Å²) in [7, 11) is 0. The molecule has 0 bridgehead atoms. The lowest BCUT2D eigenvalue weighted by Gasteiger charge is -2.34. The number of hydrogen-bond donors (Lipinski definition) is 1. The van der Waals surface area contributed by atoms with Crippen molar-refractivity contribution in [2.45, 2.75) is 44.9 Å². The van der Waals surface area contributed by atoms with Crippen LogP contribution in [0.1, 0.15) is 27.2 Å². The van der Waals surface area contributed by atoms with Crippen molar-refractivity contribution in [2.24, 2.45) is 0 Å². The standard InChI is InChI=1S/C12H22N2O3S/c1-12(2,3)17-11(15)14-5-4-13(6-7-16-18)9-8-10(9)14/h9-10,18H,4-8H2,1-3H3. The molecule has 1 saturated heterocycles. The molecule has 0 spiro atoms. The molecule has 0 aromatic carbocycles. The van der Waals surface area contributed by atoms with Gasteiger partial charge in [0.1, 0.15) is 5.60 Å². The SMILES string of the molecule is CC(C)(C)OC(=O)N1CCN(CCOS)C2CC21. The molecule has 2 unspecified atom stereocenters. The number of rotatable bonds is 3. The summed E-state index contributed by atoms with van der Waals surface area (Å²) >= 11 is 3.75. The molecule has 2 aliphatic rings. The minimum Gasteiger partial charge on any atom is -0.444 e. The van der Waals surface area contributed by atoms with Gasteiger partial charge in [0.25, 0.3) is 0 Å². The number of carbonyl (C=O) groups excluding carboxylic acids is 1. The Morgan fingerprint density at radius 3 is 2.67 bits per heavy atom. The van der Waals surface area contributed by atoms with Gasteiger partial charge in [-0.2, -0.15) is 0 Å². The van der Waals surface area contributed by atoms with Gasteiger partial charge in [0.2, 0.25) is 0 Å². The van der Waals surface area contributed by atoms with E-state index in [1.807, 2.05) is 25.7 Å². The van der Waals surface area contributed by atoms with Crippen molar-refractivity contribution in [3.63, 3.8) is 0 Å². The molecule has 1 heterocycles. The van der Waals surface area contributed by atoms with E-state index in [1.165, 1.54) is 0 Å². The zero-order chi connectivity index (χ0) is 13.3. The zero-order valence-corrected chi connectivity index (χ0v) is 12.2. The van der Waals surface area contributed by atoms with Crippen LogP contribution < -0.4 is 0 Å². The van der Waals surface area contributed by atoms with E-state index in [-0.39, 0.29) is 6.09 Å². The molecule has 1 amide bonds. The maximum atomic E-state index is 12.0. The molecular formula is C12H22N2O3S. The molecule has 18 heavy (non-hydrogen) atoms. The first kappa shape index (κ1) is 14.0. The van der Waals surface area contributed by atoms with Crippen molar-refractivity contribution in [3.05, 3.63) is 0 Å². The quantitative estimate of drug-likeness (QED) is 0.626. The van der Waals surface area contributed by atoms with Gasteiger partial charge < -0.3 is 13.8 Å². The highest BCUT2D eigenvalue weighted by Crippen LogP contribution is 2.37. The summed E-state index contributed by atoms with van der Waals surface area (Å²) < 4.78 is 10.2. The third kappa shape index (κ3) is 3.30. The van der Waals surface area contributed by atoms with E-state index in [9.17, 15) is 4.79 Å². The van der Waals surface area contributed by atoms with Gasteiger partial charge in [0.15, 0.2) is 0 Å². The third-order valence-corrected chi connectivity index (χ3v) is 3.50. The van der Waals surface area contributed by atoms with Crippen LogP contribution in [0.2, 0.25) is 0 Å². The molecule has 1 saturated carbocycles. The Labute approximate surface area is 114 Å². The minimum absolute atomic E-state index is 0.180. The lowest BCUT2D eigenvalue weighted by molar-refractivity contribution is 0.0125. The fraction of sp³-hybridized carbons (Fsp3) is 0.917. The summed E-state index contributed by atoms with van der Waals surface area (Å²) in [5.41, 5.74) is -0.418. The summed E-state index contributed by atoms with van der Waals surface area (Å²) in [6, 6.07) is 0.809.